The molecule has 0 atom stereocenters. The summed E-state index contributed by atoms with van der Waals surface area (Å²) in [5, 5.41) is 9.74. The maximum atomic E-state index is 11.9. The van der Waals surface area contributed by atoms with Crippen molar-refractivity contribution in [1.82, 2.24) is 4.98 Å². The van der Waals surface area contributed by atoms with Crippen molar-refractivity contribution in [3.05, 3.63) is 51.3 Å². The molecule has 1 heterocycles. The normalized spacial score (nSPS) is 11.2. The molecule has 5 nitrogen and oxygen atoms in total. The predicted molar refractivity (Wildman–Crippen MR) is 74.9 cm³/mol. The number of nitrogens with zero attached hydrogens (tertiary/aromatic N) is 1. The molecule has 0 saturated heterocycles. The first-order chi connectivity index (χ1) is 9.55. The van der Waals surface area contributed by atoms with Crippen molar-refractivity contribution in [2.45, 2.75) is 6.92 Å². The lowest BCUT2D eigenvalue weighted by molar-refractivity contribution is -0.135. The number of pyridine rings is 1. The number of nitriles is 1. The molecule has 0 aliphatic carbocycles. The number of aromatic nitrogens is 1. The van der Waals surface area contributed by atoms with Crippen LogP contribution in [0.1, 0.15) is 11.1 Å². The van der Waals surface area contributed by atoms with E-state index in [4.69, 9.17) is 5.26 Å². The van der Waals surface area contributed by atoms with Crippen molar-refractivity contribution in [3.8, 4) is 6.07 Å². The highest BCUT2D eigenvalue weighted by atomic mass is 16.5. The van der Waals surface area contributed by atoms with Crippen molar-refractivity contribution in [1.29, 1.82) is 5.26 Å². The van der Waals surface area contributed by atoms with Crippen LogP contribution in [0, 0.1) is 18.3 Å². The topological polar surface area (TPSA) is 82.9 Å². The van der Waals surface area contributed by atoms with E-state index in [1.165, 1.54) is 13.2 Å². The Morgan fingerprint density at radius 2 is 2.15 bits per heavy atom. The van der Waals surface area contributed by atoms with Gasteiger partial charge < -0.3 is 9.72 Å². The molecule has 0 spiro atoms. The fourth-order valence-corrected chi connectivity index (χ4v) is 1.85. The molecule has 0 amide bonds. The summed E-state index contributed by atoms with van der Waals surface area (Å²) < 4.78 is 4.48. The number of carbonyl (C=O) groups is 1. The minimum atomic E-state index is -0.767. The number of ether oxygens (including phenoxy) is 1. The second kappa shape index (κ2) is 5.41. The Morgan fingerprint density at radius 3 is 2.80 bits per heavy atom. The van der Waals surface area contributed by atoms with Gasteiger partial charge in [0.2, 0.25) is 0 Å². The number of fused-ring (bicyclic) bond motifs is 1. The van der Waals surface area contributed by atoms with Crippen molar-refractivity contribution in [2.24, 2.45) is 0 Å². The number of esters is 1. The summed E-state index contributed by atoms with van der Waals surface area (Å²) in [6.07, 6.45) is 1.23. The quantitative estimate of drug-likeness (QED) is 0.512. The monoisotopic (exact) mass is 268 g/mol. The molecule has 0 fully saturated rings. The smallest absolute Gasteiger partial charge is 0.348 e. The number of benzene rings is 1. The molecule has 0 aliphatic heterocycles. The number of H-pyrrole nitrogens is 1. The minimum absolute atomic E-state index is 0.218. The molecule has 5 heteroatoms. The maximum Gasteiger partial charge on any atom is 0.348 e. The van der Waals surface area contributed by atoms with Gasteiger partial charge in [-0.25, -0.2) is 4.79 Å². The van der Waals surface area contributed by atoms with E-state index in [0.717, 1.165) is 10.9 Å². The van der Waals surface area contributed by atoms with E-state index in [2.05, 4.69) is 9.72 Å². The van der Waals surface area contributed by atoms with Gasteiger partial charge in [-0.15, -0.1) is 0 Å². The molecule has 20 heavy (non-hydrogen) atoms. The summed E-state index contributed by atoms with van der Waals surface area (Å²) >= 11 is 0. The van der Waals surface area contributed by atoms with E-state index in [9.17, 15) is 9.59 Å². The molecular weight excluding hydrogens is 256 g/mol. The summed E-state index contributed by atoms with van der Waals surface area (Å²) in [6.45, 7) is 1.94. The Hall–Kier alpha value is -2.87. The number of rotatable bonds is 2. The molecule has 1 aromatic heterocycles. The van der Waals surface area contributed by atoms with Crippen molar-refractivity contribution < 1.29 is 9.53 Å². The molecular formula is C15H12N2O3. The largest absolute Gasteiger partial charge is 0.465 e. The lowest BCUT2D eigenvalue weighted by atomic mass is 10.1. The Bertz CT molecular complexity index is 810. The Kier molecular flexibility index (Phi) is 3.67. The van der Waals surface area contributed by atoms with Gasteiger partial charge in [0.1, 0.15) is 11.6 Å². The third-order valence-corrected chi connectivity index (χ3v) is 2.85. The van der Waals surface area contributed by atoms with Crippen LogP contribution in [0.2, 0.25) is 0 Å². The van der Waals surface area contributed by atoms with Crippen LogP contribution in [-0.4, -0.2) is 18.1 Å². The maximum absolute atomic E-state index is 11.9. The summed E-state index contributed by atoms with van der Waals surface area (Å²) in [5.74, 6) is -0.767. The highest BCUT2D eigenvalue weighted by Crippen LogP contribution is 2.14. The molecule has 0 bridgehead atoms. The first kappa shape index (κ1) is 13.6. The first-order valence-electron chi connectivity index (χ1n) is 5.89. The van der Waals surface area contributed by atoms with Gasteiger partial charge >= 0.3 is 5.97 Å². The Morgan fingerprint density at radius 1 is 1.40 bits per heavy atom. The van der Waals surface area contributed by atoms with Crippen LogP contribution in [0.4, 0.5) is 0 Å². The van der Waals surface area contributed by atoms with Crippen LogP contribution < -0.4 is 5.56 Å². The summed E-state index contributed by atoms with van der Waals surface area (Å²) in [7, 11) is 1.18. The molecule has 1 aromatic carbocycles. The molecule has 100 valence electrons. The van der Waals surface area contributed by atoms with Crippen LogP contribution in [0.15, 0.2) is 34.6 Å². The lowest BCUT2D eigenvalue weighted by Gasteiger charge is -2.02. The van der Waals surface area contributed by atoms with Crippen LogP contribution in [0.25, 0.3) is 17.0 Å². The molecule has 1 N–H and O–H groups in total. The SMILES string of the molecule is COC(=O)C(C#N)=Cc1cc2cc(C)ccc2[nH]c1=O. The fourth-order valence-electron chi connectivity index (χ4n) is 1.85. The van der Waals surface area contributed by atoms with Gasteiger partial charge in [0, 0.05) is 11.1 Å². The zero-order valence-electron chi connectivity index (χ0n) is 11.1. The molecule has 0 unspecified atom stereocenters. The van der Waals surface area contributed by atoms with Crippen LogP contribution >= 0.6 is 0 Å². The van der Waals surface area contributed by atoms with Crippen LogP contribution in [0.5, 0.6) is 0 Å². The van der Waals surface area contributed by atoms with Gasteiger partial charge in [0.25, 0.3) is 5.56 Å². The fraction of sp³-hybridized carbons (Fsp3) is 0.133. The Balaban J connectivity index is 2.63. The number of aromatic amines is 1. The van der Waals surface area contributed by atoms with Gasteiger partial charge in [-0.1, -0.05) is 11.6 Å². The first-order valence-corrected chi connectivity index (χ1v) is 5.89. The van der Waals surface area contributed by atoms with Gasteiger partial charge in [0.05, 0.1) is 7.11 Å². The number of hydrogen-bond acceptors (Lipinski definition) is 4. The standard InChI is InChI=1S/C15H12N2O3/c1-9-3-4-13-10(5-9)6-11(14(18)17-13)7-12(8-16)15(19)20-2/h3-7H,1-2H3,(H,17,18). The third-order valence-electron chi connectivity index (χ3n) is 2.85. The number of aryl methyl sites for hydroxylation is 1. The summed E-state index contributed by atoms with van der Waals surface area (Å²) in [4.78, 5) is 26.0. The summed E-state index contributed by atoms with van der Waals surface area (Å²) in [6, 6.07) is 8.97. The van der Waals surface area contributed by atoms with Crippen molar-refractivity contribution in [3.63, 3.8) is 0 Å². The number of carbonyl (C=O) groups excluding carboxylic acids is 1. The van der Waals surface area contributed by atoms with Gasteiger partial charge in [-0.2, -0.15) is 5.26 Å². The van der Waals surface area contributed by atoms with E-state index in [1.54, 1.807) is 12.1 Å². The van der Waals surface area contributed by atoms with E-state index in [1.807, 2.05) is 25.1 Å². The number of methoxy groups -OCH3 is 1. The number of hydrogen-bond donors (Lipinski definition) is 1. The highest BCUT2D eigenvalue weighted by molar-refractivity contribution is 5.98. The van der Waals surface area contributed by atoms with Crippen molar-refractivity contribution >= 4 is 22.9 Å². The van der Waals surface area contributed by atoms with E-state index < -0.39 is 5.97 Å². The molecule has 2 aromatic rings. The van der Waals surface area contributed by atoms with Crippen LogP contribution in [-0.2, 0) is 9.53 Å². The highest BCUT2D eigenvalue weighted by Gasteiger charge is 2.10. The van der Waals surface area contributed by atoms with E-state index >= 15 is 0 Å². The Labute approximate surface area is 115 Å². The lowest BCUT2D eigenvalue weighted by Crippen LogP contribution is -2.11. The van der Waals surface area contributed by atoms with Crippen molar-refractivity contribution in [2.75, 3.05) is 7.11 Å². The average Bonchev–Trinajstić information content (AvgIpc) is 2.44. The second-order valence-electron chi connectivity index (χ2n) is 4.31. The van der Waals surface area contributed by atoms with Crippen LogP contribution in [0.3, 0.4) is 0 Å². The number of nitrogens with one attached hydrogen (secondary N) is 1. The van der Waals surface area contributed by atoms with E-state index in [-0.39, 0.29) is 16.7 Å². The second-order valence-corrected chi connectivity index (χ2v) is 4.31. The molecule has 0 radical (unpaired) electrons. The van der Waals surface area contributed by atoms with Gasteiger partial charge in [0.15, 0.2) is 0 Å². The van der Waals surface area contributed by atoms with E-state index in [0.29, 0.717) is 5.52 Å². The third kappa shape index (κ3) is 2.59. The minimum Gasteiger partial charge on any atom is -0.465 e. The predicted octanol–water partition coefficient (Wildman–Crippen LogP) is 1.92. The zero-order valence-corrected chi connectivity index (χ0v) is 11.1. The molecule has 0 aliphatic rings. The van der Waals surface area contributed by atoms with Gasteiger partial charge in [-0.05, 0) is 36.6 Å². The zero-order chi connectivity index (χ0) is 14.7. The molecule has 2 rings (SSSR count). The average molecular weight is 268 g/mol. The summed E-state index contributed by atoms with van der Waals surface area (Å²) in [5.41, 5.74) is 1.41. The van der Waals surface area contributed by atoms with Gasteiger partial charge in [-0.3, -0.25) is 4.79 Å². The molecule has 0 saturated carbocycles.